The van der Waals surface area contributed by atoms with Crippen LogP contribution >= 0.6 is 0 Å². The molecule has 33 heavy (non-hydrogen) atoms. The third-order valence-corrected chi connectivity index (χ3v) is 5.64. The predicted octanol–water partition coefficient (Wildman–Crippen LogP) is 3.19. The minimum Gasteiger partial charge on any atom is -0.431 e. The second-order valence-electron chi connectivity index (χ2n) is 7.77. The van der Waals surface area contributed by atoms with Gasteiger partial charge in [0.15, 0.2) is 0 Å². The third kappa shape index (κ3) is 3.98. The molecule has 0 bridgehead atoms. The highest BCUT2D eigenvalue weighted by molar-refractivity contribution is 6.08. The summed E-state index contributed by atoms with van der Waals surface area (Å²) in [4.78, 5) is 32.8. The first-order chi connectivity index (χ1) is 16.0. The standard InChI is InChI=1S/C23H22N6O4/c1-15-19(16(2)33-26-15)13-28-11-12-29-20(14-32-23(29)25-22(28)31)21(30)24-17-5-7-18(8-6-17)27-9-3-4-10-27/h3-10,14H,11-13H2,1-2H3,(H,24,30). The Hall–Kier alpha value is -4.34. The van der Waals surface area contributed by atoms with Crippen molar-refractivity contribution in [2.24, 2.45) is 4.99 Å². The summed E-state index contributed by atoms with van der Waals surface area (Å²) in [5, 5.41) is 6.81. The summed E-state index contributed by atoms with van der Waals surface area (Å²) >= 11 is 0. The van der Waals surface area contributed by atoms with Gasteiger partial charge in [0.1, 0.15) is 17.7 Å². The van der Waals surface area contributed by atoms with Gasteiger partial charge < -0.3 is 24.0 Å². The van der Waals surface area contributed by atoms with Crippen LogP contribution in [0.3, 0.4) is 0 Å². The first kappa shape index (κ1) is 20.6. The minimum absolute atomic E-state index is 0.0920. The molecule has 0 atom stereocenters. The lowest BCUT2D eigenvalue weighted by molar-refractivity contribution is -0.113. The maximum atomic E-state index is 12.9. The number of nitrogens with one attached hydrogen (secondary N) is 1. The summed E-state index contributed by atoms with van der Waals surface area (Å²) in [6.45, 7) is 4.68. The van der Waals surface area contributed by atoms with Gasteiger partial charge in [-0.3, -0.25) is 9.69 Å². The molecular formula is C23H22N6O4. The van der Waals surface area contributed by atoms with E-state index in [9.17, 15) is 9.59 Å². The highest BCUT2D eigenvalue weighted by atomic mass is 16.5. The molecule has 0 aliphatic carbocycles. The lowest BCUT2D eigenvalue weighted by Gasteiger charge is -2.21. The number of hydrogen-bond acceptors (Lipinski definition) is 6. The molecule has 0 spiro atoms. The Labute approximate surface area is 189 Å². The molecule has 0 unspecified atom stereocenters. The molecule has 1 N–H and O–H groups in total. The van der Waals surface area contributed by atoms with Crippen molar-refractivity contribution in [2.45, 2.75) is 20.4 Å². The Kier molecular flexibility index (Phi) is 5.17. The molecule has 0 radical (unpaired) electrons. The molecule has 2 aliphatic heterocycles. The van der Waals surface area contributed by atoms with Crippen LogP contribution < -0.4 is 5.32 Å². The number of nitrogens with zero attached hydrogens (tertiary/aromatic N) is 5. The first-order valence-electron chi connectivity index (χ1n) is 10.5. The summed E-state index contributed by atoms with van der Waals surface area (Å²) < 4.78 is 12.6. The van der Waals surface area contributed by atoms with Crippen LogP contribution in [0.1, 0.15) is 17.0 Å². The Morgan fingerprint density at radius 1 is 1.12 bits per heavy atom. The van der Waals surface area contributed by atoms with Crippen molar-refractivity contribution in [3.63, 3.8) is 0 Å². The molecule has 10 heteroatoms. The molecule has 2 aliphatic rings. The number of benzene rings is 1. The summed E-state index contributed by atoms with van der Waals surface area (Å²) in [6.07, 6.45) is 5.22. The molecule has 10 nitrogen and oxygen atoms in total. The zero-order chi connectivity index (χ0) is 22.9. The maximum absolute atomic E-state index is 12.9. The van der Waals surface area contributed by atoms with Crippen LogP contribution in [0.5, 0.6) is 0 Å². The molecule has 2 aromatic heterocycles. The minimum atomic E-state index is -0.442. The third-order valence-electron chi connectivity index (χ3n) is 5.64. The fourth-order valence-corrected chi connectivity index (χ4v) is 3.77. The van der Waals surface area contributed by atoms with Gasteiger partial charge in [0.2, 0.25) is 0 Å². The SMILES string of the molecule is Cc1noc(C)c1CN1CCN2C(C(=O)Nc3ccc(-n4cccc4)cc3)=COC2=NC1=O. The van der Waals surface area contributed by atoms with Gasteiger partial charge in [-0.05, 0) is 50.2 Å². The maximum Gasteiger partial charge on any atom is 0.348 e. The van der Waals surface area contributed by atoms with Crippen molar-refractivity contribution in [3.05, 3.63) is 77.8 Å². The predicted molar refractivity (Wildman–Crippen MR) is 119 cm³/mol. The van der Waals surface area contributed by atoms with Crippen molar-refractivity contribution < 1.29 is 18.8 Å². The van der Waals surface area contributed by atoms with E-state index in [-0.39, 0.29) is 17.6 Å². The molecule has 3 amide bonds. The number of amides is 3. The molecule has 168 valence electrons. The monoisotopic (exact) mass is 446 g/mol. The number of amidine groups is 1. The van der Waals surface area contributed by atoms with Crippen molar-refractivity contribution in [2.75, 3.05) is 18.4 Å². The van der Waals surface area contributed by atoms with E-state index in [4.69, 9.17) is 9.26 Å². The number of urea groups is 1. The van der Waals surface area contributed by atoms with E-state index in [1.54, 1.807) is 16.7 Å². The molecule has 1 aromatic carbocycles. The fraction of sp³-hybridized carbons (Fsp3) is 0.217. The molecule has 5 rings (SSSR count). The number of carbonyl (C=O) groups excluding carboxylic acids is 2. The van der Waals surface area contributed by atoms with E-state index in [2.05, 4.69) is 15.5 Å². The molecule has 0 saturated heterocycles. The van der Waals surface area contributed by atoms with Gasteiger partial charge in [0, 0.05) is 42.4 Å². The summed E-state index contributed by atoms with van der Waals surface area (Å²) in [7, 11) is 0. The van der Waals surface area contributed by atoms with Crippen LogP contribution in [0.4, 0.5) is 10.5 Å². The second-order valence-corrected chi connectivity index (χ2v) is 7.77. The molecule has 0 fully saturated rings. The number of rotatable bonds is 5. The molecule has 4 heterocycles. The quantitative estimate of drug-likeness (QED) is 0.645. The van der Waals surface area contributed by atoms with E-state index in [0.29, 0.717) is 31.1 Å². The fourth-order valence-electron chi connectivity index (χ4n) is 3.77. The van der Waals surface area contributed by atoms with E-state index >= 15 is 0 Å². The molecule has 0 saturated carbocycles. The number of anilines is 1. The summed E-state index contributed by atoms with van der Waals surface area (Å²) in [6, 6.07) is 11.0. The second kappa shape index (κ2) is 8.30. The Morgan fingerprint density at radius 3 is 2.58 bits per heavy atom. The zero-order valence-corrected chi connectivity index (χ0v) is 18.2. The van der Waals surface area contributed by atoms with Gasteiger partial charge in [-0.15, -0.1) is 4.99 Å². The van der Waals surface area contributed by atoms with E-state index < -0.39 is 6.03 Å². The molecule has 3 aromatic rings. The topological polar surface area (TPSA) is 105 Å². The first-order valence-corrected chi connectivity index (χ1v) is 10.5. The number of aryl methyl sites for hydroxylation is 2. The zero-order valence-electron chi connectivity index (χ0n) is 18.2. The Morgan fingerprint density at radius 2 is 1.88 bits per heavy atom. The van der Waals surface area contributed by atoms with Crippen molar-refractivity contribution in [3.8, 4) is 5.69 Å². The van der Waals surface area contributed by atoms with Gasteiger partial charge in [-0.1, -0.05) is 5.16 Å². The Balaban J connectivity index is 1.26. The van der Waals surface area contributed by atoms with Crippen LogP contribution in [0.25, 0.3) is 5.69 Å². The number of hydrogen-bond donors (Lipinski definition) is 1. The normalized spacial score (nSPS) is 15.5. The largest absolute Gasteiger partial charge is 0.431 e. The van der Waals surface area contributed by atoms with E-state index in [1.165, 1.54) is 6.26 Å². The lowest BCUT2D eigenvalue weighted by Crippen LogP contribution is -2.36. The van der Waals surface area contributed by atoms with Crippen LogP contribution in [-0.4, -0.2) is 50.6 Å². The Bertz CT molecular complexity index is 1240. The average molecular weight is 446 g/mol. The summed E-state index contributed by atoms with van der Waals surface area (Å²) in [5.74, 6) is 0.317. The van der Waals surface area contributed by atoms with Gasteiger partial charge in [-0.2, -0.15) is 0 Å². The van der Waals surface area contributed by atoms with Crippen LogP contribution in [-0.2, 0) is 16.1 Å². The van der Waals surface area contributed by atoms with E-state index in [1.807, 2.05) is 60.3 Å². The van der Waals surface area contributed by atoms with E-state index in [0.717, 1.165) is 16.9 Å². The summed E-state index contributed by atoms with van der Waals surface area (Å²) in [5.41, 5.74) is 3.50. The van der Waals surface area contributed by atoms with Crippen LogP contribution in [0.15, 0.2) is 70.3 Å². The lowest BCUT2D eigenvalue weighted by atomic mass is 10.2. The van der Waals surface area contributed by atoms with Crippen LogP contribution in [0, 0.1) is 13.8 Å². The van der Waals surface area contributed by atoms with Gasteiger partial charge >= 0.3 is 12.1 Å². The van der Waals surface area contributed by atoms with Gasteiger partial charge in [0.25, 0.3) is 5.91 Å². The number of aromatic nitrogens is 2. The highest BCUT2D eigenvalue weighted by Gasteiger charge is 2.34. The number of carbonyl (C=O) groups is 2. The smallest absolute Gasteiger partial charge is 0.348 e. The number of ether oxygens (including phenoxy) is 1. The van der Waals surface area contributed by atoms with Crippen molar-refractivity contribution in [1.82, 2.24) is 19.5 Å². The highest BCUT2D eigenvalue weighted by Crippen LogP contribution is 2.23. The van der Waals surface area contributed by atoms with Gasteiger partial charge in [0.05, 0.1) is 12.2 Å². The molecular weight excluding hydrogens is 424 g/mol. The van der Waals surface area contributed by atoms with Crippen LogP contribution in [0.2, 0.25) is 0 Å². The number of aliphatic imine (C=N–C) groups is 1. The van der Waals surface area contributed by atoms with Crippen molar-refractivity contribution in [1.29, 1.82) is 0 Å². The average Bonchev–Trinajstić information content (AvgIpc) is 3.52. The number of fused-ring (bicyclic) bond motifs is 1. The van der Waals surface area contributed by atoms with Gasteiger partial charge in [-0.25, -0.2) is 4.79 Å². The van der Waals surface area contributed by atoms with Crippen molar-refractivity contribution >= 4 is 23.6 Å².